The van der Waals surface area contributed by atoms with Crippen molar-refractivity contribution in [3.05, 3.63) is 107 Å². The number of aliphatic hydroxyl groups excluding tert-OH is 1. The second-order valence-corrected chi connectivity index (χ2v) is 10.2. The van der Waals surface area contributed by atoms with E-state index in [0.29, 0.717) is 54.2 Å². The van der Waals surface area contributed by atoms with Gasteiger partial charge in [-0.15, -0.1) is 0 Å². The van der Waals surface area contributed by atoms with E-state index < -0.39 is 11.7 Å². The third kappa shape index (κ3) is 5.56. The van der Waals surface area contributed by atoms with Gasteiger partial charge in [0.1, 0.15) is 17.9 Å². The molecular weight excluding hydrogens is 544 g/mol. The molecule has 5 aromatic rings. The number of benzene rings is 2. The second kappa shape index (κ2) is 12.4. The number of ether oxygens (including phenoxy) is 1. The lowest BCUT2D eigenvalue weighted by atomic mass is 9.87. The highest BCUT2D eigenvalue weighted by molar-refractivity contribution is 6.45. The zero-order valence-electron chi connectivity index (χ0n) is 23.4. The smallest absolute Gasteiger partial charge is 0.295 e. The molecule has 10 heteroatoms. The molecule has 10 nitrogen and oxygen atoms in total. The molecule has 4 heterocycles. The van der Waals surface area contributed by atoms with Crippen LogP contribution in [0.15, 0.2) is 78.9 Å². The van der Waals surface area contributed by atoms with Crippen molar-refractivity contribution >= 4 is 28.2 Å². The average Bonchev–Trinajstić information content (AvgIpc) is 3.68. The zero-order chi connectivity index (χ0) is 29.2. The third-order valence-corrected chi connectivity index (χ3v) is 7.60. The predicted octanol–water partition coefficient (Wildman–Crippen LogP) is 4.90. The lowest BCUT2D eigenvalue weighted by Gasteiger charge is -2.30. The Balaban J connectivity index is 0.00000368. The lowest BCUT2D eigenvalue weighted by molar-refractivity contribution is -0.126. The van der Waals surface area contributed by atoms with Gasteiger partial charge >= 0.3 is 0 Å². The zero-order valence-corrected chi connectivity index (χ0v) is 23.4. The Morgan fingerprint density at radius 2 is 1.77 bits per heavy atom. The van der Waals surface area contributed by atoms with Gasteiger partial charge in [0.2, 0.25) is 0 Å². The number of aryl methyl sites for hydroxylation is 1. The van der Waals surface area contributed by atoms with E-state index in [9.17, 15) is 14.7 Å². The minimum absolute atomic E-state index is 0. The van der Waals surface area contributed by atoms with E-state index in [1.54, 1.807) is 18.2 Å². The molecule has 43 heavy (non-hydrogen) atoms. The number of fused-ring (bicyclic) bond motifs is 1. The molecule has 0 saturated carbocycles. The number of carbonyl (C=O) groups excluding carboxylic acids is 2. The molecule has 220 valence electrons. The Bertz CT molecular complexity index is 1810. The van der Waals surface area contributed by atoms with Crippen LogP contribution in [0.2, 0.25) is 0 Å². The van der Waals surface area contributed by atoms with Gasteiger partial charge in [0.25, 0.3) is 11.7 Å². The molecule has 1 saturated heterocycles. The quantitative estimate of drug-likeness (QED) is 0.208. The molecule has 1 aliphatic heterocycles. The standard InChI is InChI=1S/C32H30N6O4.CH4/c1-20-35-19-38(36-20)31-29-28(26(42-2)17-34-31)25(16-33-29)30(40)32(41)37-13-11-23(12-14-37)27(22-8-4-3-5-9-22)24-10-6-7-21(15-24)18-39;/h3-10,15-17,19,33,39H,11-14,18H2,1-2H3;1H4. The van der Waals surface area contributed by atoms with Crippen LogP contribution in [-0.2, 0) is 11.4 Å². The number of ketones is 1. The van der Waals surface area contributed by atoms with E-state index in [-0.39, 0.29) is 19.6 Å². The van der Waals surface area contributed by atoms with Crippen LogP contribution in [0.4, 0.5) is 0 Å². The van der Waals surface area contributed by atoms with Crippen molar-refractivity contribution in [1.82, 2.24) is 29.6 Å². The van der Waals surface area contributed by atoms with Crippen LogP contribution in [0.1, 0.15) is 53.1 Å². The summed E-state index contributed by atoms with van der Waals surface area (Å²) >= 11 is 0. The van der Waals surface area contributed by atoms with Crippen molar-refractivity contribution < 1.29 is 19.4 Å². The topological polar surface area (TPSA) is 126 Å². The number of aromatic amines is 1. The maximum absolute atomic E-state index is 13.6. The van der Waals surface area contributed by atoms with Gasteiger partial charge in [0.05, 0.1) is 36.4 Å². The molecule has 0 bridgehead atoms. The van der Waals surface area contributed by atoms with Gasteiger partial charge in [0.15, 0.2) is 5.82 Å². The van der Waals surface area contributed by atoms with Gasteiger partial charge in [0, 0.05) is 19.3 Å². The molecule has 2 aromatic carbocycles. The van der Waals surface area contributed by atoms with Crippen LogP contribution in [-0.4, -0.2) is 66.6 Å². The maximum atomic E-state index is 13.6. The molecule has 1 aliphatic rings. The fourth-order valence-electron chi connectivity index (χ4n) is 5.55. The van der Waals surface area contributed by atoms with E-state index in [1.165, 1.54) is 29.8 Å². The van der Waals surface area contributed by atoms with Gasteiger partial charge in [-0.25, -0.2) is 14.6 Å². The number of methoxy groups -OCH3 is 1. The third-order valence-electron chi connectivity index (χ3n) is 7.60. The first kappa shape index (κ1) is 29.4. The Morgan fingerprint density at radius 1 is 1.02 bits per heavy atom. The summed E-state index contributed by atoms with van der Waals surface area (Å²) in [5.41, 5.74) is 6.00. The number of nitrogens with one attached hydrogen (secondary N) is 1. The van der Waals surface area contributed by atoms with Crippen LogP contribution in [0, 0.1) is 6.92 Å². The highest BCUT2D eigenvalue weighted by atomic mass is 16.5. The number of H-pyrrole nitrogens is 1. The Kier molecular flexibility index (Phi) is 8.49. The van der Waals surface area contributed by atoms with Crippen molar-refractivity contribution in [3.63, 3.8) is 0 Å². The van der Waals surface area contributed by atoms with E-state index in [4.69, 9.17) is 4.74 Å². The summed E-state index contributed by atoms with van der Waals surface area (Å²) in [6.07, 6.45) is 5.84. The number of hydrogen-bond donors (Lipinski definition) is 2. The number of rotatable bonds is 7. The summed E-state index contributed by atoms with van der Waals surface area (Å²) in [7, 11) is 1.50. The summed E-state index contributed by atoms with van der Waals surface area (Å²) in [6, 6.07) is 18.0. The number of carbonyl (C=O) groups is 2. The predicted molar refractivity (Wildman–Crippen MR) is 164 cm³/mol. The number of aromatic nitrogens is 5. The molecular formula is C33H34N6O4. The van der Waals surface area contributed by atoms with E-state index in [1.807, 2.05) is 42.5 Å². The van der Waals surface area contributed by atoms with Crippen molar-refractivity contribution in [2.75, 3.05) is 20.2 Å². The van der Waals surface area contributed by atoms with Crippen LogP contribution in [0.3, 0.4) is 0 Å². The summed E-state index contributed by atoms with van der Waals surface area (Å²) in [5.74, 6) is 0.232. The number of hydrogen-bond acceptors (Lipinski definition) is 7. The van der Waals surface area contributed by atoms with Gasteiger partial charge in [-0.05, 0) is 48.1 Å². The number of aliphatic hydroxyl groups is 1. The molecule has 3 aromatic heterocycles. The highest BCUT2D eigenvalue weighted by Gasteiger charge is 2.30. The van der Waals surface area contributed by atoms with Gasteiger partial charge < -0.3 is 19.7 Å². The molecule has 0 unspecified atom stereocenters. The Morgan fingerprint density at radius 3 is 2.44 bits per heavy atom. The fraction of sp³-hybridized carbons (Fsp3) is 0.242. The summed E-state index contributed by atoms with van der Waals surface area (Å²) < 4.78 is 7.03. The normalized spacial score (nSPS) is 13.1. The molecule has 0 radical (unpaired) electrons. The molecule has 0 atom stereocenters. The Labute approximate surface area is 249 Å². The lowest BCUT2D eigenvalue weighted by Crippen LogP contribution is -2.40. The van der Waals surface area contributed by atoms with Gasteiger partial charge in [-0.3, -0.25) is 9.59 Å². The van der Waals surface area contributed by atoms with Crippen LogP contribution in [0.25, 0.3) is 22.3 Å². The largest absolute Gasteiger partial charge is 0.494 e. The minimum atomic E-state index is -0.613. The van der Waals surface area contributed by atoms with Crippen LogP contribution >= 0.6 is 0 Å². The second-order valence-electron chi connectivity index (χ2n) is 10.2. The molecule has 1 fully saturated rings. The number of Topliss-reactive ketones (excluding diaryl/α,β-unsaturated/α-hetero) is 1. The molecule has 0 spiro atoms. The van der Waals surface area contributed by atoms with Crippen molar-refractivity contribution in [3.8, 4) is 11.6 Å². The summed E-state index contributed by atoms with van der Waals surface area (Å²) in [4.78, 5) is 40.5. The number of likely N-dealkylation sites (tertiary alicyclic amines) is 1. The average molecular weight is 579 g/mol. The monoisotopic (exact) mass is 578 g/mol. The number of nitrogens with zero attached hydrogens (tertiary/aromatic N) is 5. The van der Waals surface area contributed by atoms with Crippen molar-refractivity contribution in [1.29, 1.82) is 0 Å². The van der Waals surface area contributed by atoms with E-state index >= 15 is 0 Å². The van der Waals surface area contributed by atoms with Crippen molar-refractivity contribution in [2.24, 2.45) is 0 Å². The van der Waals surface area contributed by atoms with E-state index in [0.717, 1.165) is 22.3 Å². The van der Waals surface area contributed by atoms with Gasteiger partial charge in [-0.1, -0.05) is 61.5 Å². The number of piperidine rings is 1. The first-order valence-corrected chi connectivity index (χ1v) is 13.7. The first-order chi connectivity index (χ1) is 20.5. The minimum Gasteiger partial charge on any atom is -0.494 e. The van der Waals surface area contributed by atoms with Crippen LogP contribution < -0.4 is 4.74 Å². The maximum Gasteiger partial charge on any atom is 0.295 e. The van der Waals surface area contributed by atoms with Crippen LogP contribution in [0.5, 0.6) is 5.75 Å². The number of pyridine rings is 1. The van der Waals surface area contributed by atoms with E-state index in [2.05, 4.69) is 32.2 Å². The molecule has 0 aliphatic carbocycles. The van der Waals surface area contributed by atoms with Gasteiger partial charge in [-0.2, -0.15) is 5.10 Å². The molecule has 6 rings (SSSR count). The SMILES string of the molecule is C.COc1cnc(-n2cnc(C)n2)c2[nH]cc(C(=O)C(=O)N3CCC(=C(c4ccccc4)c4cccc(CO)c4)CC3)c12. The van der Waals surface area contributed by atoms with Crippen molar-refractivity contribution in [2.45, 2.75) is 33.8 Å². The fourth-order valence-corrected chi connectivity index (χ4v) is 5.55. The Hall–Kier alpha value is -5.09. The first-order valence-electron chi connectivity index (χ1n) is 13.7. The molecule has 1 amide bonds. The summed E-state index contributed by atoms with van der Waals surface area (Å²) in [6.45, 7) is 2.57. The summed E-state index contributed by atoms with van der Waals surface area (Å²) in [5, 5.41) is 14.5. The number of amides is 1. The molecule has 2 N–H and O–H groups in total. The highest BCUT2D eigenvalue weighted by Crippen LogP contribution is 2.34.